The zero-order valence-corrected chi connectivity index (χ0v) is 15.7. The Labute approximate surface area is 157 Å². The summed E-state index contributed by atoms with van der Waals surface area (Å²) in [6.45, 7) is -4.12. The molecule has 0 bridgehead atoms. The maximum atomic E-state index is 15.0. The van der Waals surface area contributed by atoms with Crippen molar-refractivity contribution >= 4 is 60.6 Å². The molecular weight excluding hydrogens is 471 g/mol. The van der Waals surface area contributed by atoms with Gasteiger partial charge < -0.3 is 17.6 Å². The fourth-order valence-corrected chi connectivity index (χ4v) is 4.41. The molecule has 0 radical (unpaired) electrons. The highest BCUT2D eigenvalue weighted by Crippen LogP contribution is 2.42. The van der Waals surface area contributed by atoms with Gasteiger partial charge in [0.1, 0.15) is 5.82 Å². The van der Waals surface area contributed by atoms with Crippen molar-refractivity contribution in [1.82, 2.24) is 4.48 Å². The van der Waals surface area contributed by atoms with E-state index in [0.29, 0.717) is 10.6 Å². The number of hydrogen-bond donors (Lipinski definition) is 0. The molecule has 0 spiro atoms. The summed E-state index contributed by atoms with van der Waals surface area (Å²) in [5, 5.41) is 0.330. The van der Waals surface area contributed by atoms with Crippen molar-refractivity contribution in [2.75, 3.05) is 0 Å². The molecule has 0 saturated carbocycles. The van der Waals surface area contributed by atoms with Crippen LogP contribution in [0.1, 0.15) is 11.3 Å². The van der Waals surface area contributed by atoms with Crippen molar-refractivity contribution in [2.45, 2.75) is 0 Å². The van der Waals surface area contributed by atoms with E-state index >= 15 is 8.63 Å². The molecule has 4 rings (SSSR count). The summed E-state index contributed by atoms with van der Waals surface area (Å²) >= 11 is 12.3. The smallest absolute Gasteiger partial charge is 0.389 e. The second-order valence-electron chi connectivity index (χ2n) is 5.41. The van der Waals surface area contributed by atoms with Crippen molar-refractivity contribution in [1.29, 1.82) is 0 Å². The summed E-state index contributed by atoms with van der Waals surface area (Å²) in [5.74, 6) is -0.528. The van der Waals surface area contributed by atoms with Crippen molar-refractivity contribution < 1.29 is 17.5 Å². The third-order valence-corrected chi connectivity index (χ3v) is 5.60. The molecule has 0 atom stereocenters. The van der Waals surface area contributed by atoms with Crippen molar-refractivity contribution in [3.05, 3.63) is 74.9 Å². The first-order chi connectivity index (χ1) is 11.3. The number of hydrogen-bond acceptors (Lipinski definition) is 0. The molecule has 3 heterocycles. The van der Waals surface area contributed by atoms with Gasteiger partial charge in [-0.15, -0.1) is 0 Å². The molecule has 1 aromatic carbocycles. The highest BCUT2D eigenvalue weighted by Gasteiger charge is 2.54. The summed E-state index contributed by atoms with van der Waals surface area (Å²) in [6.07, 6.45) is 3.06. The molecule has 2 nitrogen and oxygen atoms in total. The third kappa shape index (κ3) is 2.12. The van der Waals surface area contributed by atoms with E-state index in [0.717, 1.165) is 8.96 Å². The summed E-state index contributed by atoms with van der Waals surface area (Å²) in [4.78, 5) is 0. The number of rotatable bonds is 1. The Morgan fingerprint density at radius 3 is 2.58 bits per heavy atom. The molecule has 122 valence electrons. The minimum atomic E-state index is -4.12. The number of fused-ring (bicyclic) bond motifs is 2. The molecule has 0 fully saturated rings. The Hall–Kier alpha value is -1.25. The molecule has 2 aliphatic rings. The molecule has 0 amide bonds. The number of halogens is 6. The van der Waals surface area contributed by atoms with E-state index in [4.69, 9.17) is 11.6 Å². The zero-order valence-electron chi connectivity index (χ0n) is 11.8. The Morgan fingerprint density at radius 1 is 1.08 bits per heavy atom. The second kappa shape index (κ2) is 5.38. The van der Waals surface area contributed by atoms with Crippen LogP contribution in [-0.2, 0) is 0 Å². The maximum Gasteiger partial charge on any atom is 0.738 e. The quantitative estimate of drug-likeness (QED) is 0.485. The first-order valence-electron chi connectivity index (χ1n) is 6.91. The zero-order chi connectivity index (χ0) is 17.2. The van der Waals surface area contributed by atoms with Gasteiger partial charge in [-0.25, -0.2) is 4.39 Å². The molecule has 1 aromatic heterocycles. The van der Waals surface area contributed by atoms with Crippen LogP contribution >= 0.6 is 43.5 Å². The van der Waals surface area contributed by atoms with Crippen molar-refractivity contribution in [3.63, 3.8) is 0 Å². The summed E-state index contributed by atoms with van der Waals surface area (Å²) in [5.41, 5.74) is 0.990. The van der Waals surface area contributed by atoms with Crippen LogP contribution in [-0.4, -0.2) is 20.6 Å². The van der Waals surface area contributed by atoms with Crippen LogP contribution in [0, 0.1) is 5.82 Å². The topological polar surface area (TPSA) is 7.94 Å². The molecule has 0 saturated heterocycles. The van der Waals surface area contributed by atoms with Crippen LogP contribution < -0.4 is 0 Å². The van der Waals surface area contributed by atoms with Gasteiger partial charge in [0.2, 0.25) is 4.62 Å². The SMILES string of the molecule is Fc1ccc(Cl)cc1C1=C2C=CC(Br)=[N+]2[B-](F)(F)n2c(Br)ccc21. The molecule has 24 heavy (non-hydrogen) atoms. The van der Waals surface area contributed by atoms with Crippen molar-refractivity contribution in [3.8, 4) is 0 Å². The van der Waals surface area contributed by atoms with Crippen LogP contribution in [0.4, 0.5) is 13.0 Å². The van der Waals surface area contributed by atoms with Gasteiger partial charge in [-0.3, -0.25) is 0 Å². The minimum absolute atomic E-state index is 0.174. The van der Waals surface area contributed by atoms with Gasteiger partial charge >= 0.3 is 6.97 Å². The van der Waals surface area contributed by atoms with Gasteiger partial charge in [-0.05, 0) is 46.3 Å². The molecule has 0 N–H and O–H groups in total. The predicted octanol–water partition coefficient (Wildman–Crippen LogP) is 5.41. The van der Waals surface area contributed by atoms with Gasteiger partial charge in [0.25, 0.3) is 0 Å². The average Bonchev–Trinajstić information content (AvgIpc) is 3.08. The summed E-state index contributed by atoms with van der Waals surface area (Å²) < 4.78 is 46.7. The first kappa shape index (κ1) is 16.2. The summed E-state index contributed by atoms with van der Waals surface area (Å²) in [6, 6.07) is 7.16. The number of aromatic nitrogens is 1. The van der Waals surface area contributed by atoms with Crippen LogP contribution in [0.2, 0.25) is 5.02 Å². The molecular formula is C15H7BBr2ClF3N2. The van der Waals surface area contributed by atoms with E-state index in [2.05, 4.69) is 31.9 Å². The van der Waals surface area contributed by atoms with E-state index in [1.807, 2.05) is 0 Å². The van der Waals surface area contributed by atoms with Crippen LogP contribution in [0.15, 0.2) is 52.8 Å². The molecule has 0 unspecified atom stereocenters. The van der Waals surface area contributed by atoms with Gasteiger partial charge in [0, 0.05) is 44.4 Å². The number of allylic oxidation sites excluding steroid dienone is 2. The van der Waals surface area contributed by atoms with E-state index in [-0.39, 0.29) is 26.2 Å². The second-order valence-corrected chi connectivity index (χ2v) is 7.47. The number of benzene rings is 1. The Bertz CT molecular complexity index is 995. The highest BCUT2D eigenvalue weighted by molar-refractivity contribution is 9.18. The van der Waals surface area contributed by atoms with E-state index in [9.17, 15) is 4.39 Å². The Kier molecular flexibility index (Phi) is 3.64. The number of nitrogens with zero attached hydrogens (tertiary/aromatic N) is 2. The third-order valence-electron chi connectivity index (χ3n) is 4.07. The van der Waals surface area contributed by atoms with Crippen molar-refractivity contribution in [2.24, 2.45) is 0 Å². The summed E-state index contributed by atoms with van der Waals surface area (Å²) in [7, 11) is 0. The average molecular weight is 478 g/mol. The molecule has 2 aliphatic heterocycles. The predicted molar refractivity (Wildman–Crippen MR) is 96.3 cm³/mol. The van der Waals surface area contributed by atoms with Gasteiger partial charge in [-0.1, -0.05) is 11.6 Å². The van der Waals surface area contributed by atoms with Gasteiger partial charge in [0.05, 0.1) is 10.2 Å². The van der Waals surface area contributed by atoms with Crippen LogP contribution in [0.3, 0.4) is 0 Å². The lowest BCUT2D eigenvalue weighted by molar-refractivity contribution is -0.358. The molecule has 9 heteroatoms. The lowest BCUT2D eigenvalue weighted by Crippen LogP contribution is -2.50. The monoisotopic (exact) mass is 476 g/mol. The lowest BCUT2D eigenvalue weighted by Gasteiger charge is -2.32. The van der Waals surface area contributed by atoms with E-state index in [1.165, 1.54) is 30.3 Å². The molecule has 0 aliphatic carbocycles. The lowest BCUT2D eigenvalue weighted by atomic mass is 9.86. The Morgan fingerprint density at radius 2 is 1.83 bits per heavy atom. The van der Waals surface area contributed by atoms with Crippen LogP contribution in [0.25, 0.3) is 5.57 Å². The molecule has 2 aromatic rings. The van der Waals surface area contributed by atoms with Gasteiger partial charge in [-0.2, -0.15) is 0 Å². The minimum Gasteiger partial charge on any atom is -0.389 e. The van der Waals surface area contributed by atoms with Gasteiger partial charge in [0.15, 0.2) is 5.70 Å². The fraction of sp³-hybridized carbons (Fsp3) is 0. The first-order valence-corrected chi connectivity index (χ1v) is 8.88. The normalized spacial score (nSPS) is 18.2. The highest BCUT2D eigenvalue weighted by atomic mass is 79.9. The fourth-order valence-electron chi connectivity index (χ4n) is 3.10. The van der Waals surface area contributed by atoms with E-state index in [1.54, 1.807) is 12.1 Å². The standard InChI is InChI=1S/C15H7BBr2ClF3N2/c17-13-5-3-11-15(9-7-8(19)1-2-10(9)20)12-4-6-14(18)24(12)16(21,22)23(11)13/h1-7H. The van der Waals surface area contributed by atoms with Crippen LogP contribution in [0.5, 0.6) is 0 Å². The van der Waals surface area contributed by atoms with E-state index < -0.39 is 12.8 Å². The Balaban J connectivity index is 2.14. The maximum absolute atomic E-state index is 15.0. The largest absolute Gasteiger partial charge is 0.738 e.